The molecule has 2 aromatic rings. The number of hydrogen-bond donors (Lipinski definition) is 2. The van der Waals surface area contributed by atoms with Gasteiger partial charge in [-0.25, -0.2) is 4.79 Å². The Morgan fingerprint density at radius 1 is 1.45 bits per heavy atom. The van der Waals surface area contributed by atoms with Crippen LogP contribution in [-0.2, 0) is 6.42 Å². The van der Waals surface area contributed by atoms with E-state index in [9.17, 15) is 4.79 Å². The van der Waals surface area contributed by atoms with Gasteiger partial charge in [0.05, 0.1) is 6.61 Å². The Balaban J connectivity index is 1.60. The van der Waals surface area contributed by atoms with Gasteiger partial charge in [0, 0.05) is 17.5 Å². The third-order valence-electron chi connectivity index (χ3n) is 3.69. The van der Waals surface area contributed by atoms with Crippen LogP contribution in [0.25, 0.3) is 0 Å². The first-order chi connectivity index (χ1) is 10.7. The van der Waals surface area contributed by atoms with Crippen molar-refractivity contribution in [2.75, 3.05) is 11.9 Å². The molecule has 3 rings (SSSR count). The van der Waals surface area contributed by atoms with E-state index in [4.69, 9.17) is 4.74 Å². The van der Waals surface area contributed by atoms with Crippen molar-refractivity contribution in [1.29, 1.82) is 0 Å². The van der Waals surface area contributed by atoms with E-state index in [1.807, 2.05) is 38.1 Å². The van der Waals surface area contributed by atoms with E-state index in [0.717, 1.165) is 22.7 Å². The van der Waals surface area contributed by atoms with Gasteiger partial charge in [-0.15, -0.1) is 10.2 Å². The zero-order valence-electron chi connectivity index (χ0n) is 12.5. The minimum absolute atomic E-state index is 0.0396. The number of aryl methyl sites for hydroxylation is 1. The van der Waals surface area contributed by atoms with Gasteiger partial charge < -0.3 is 10.1 Å². The largest absolute Gasteiger partial charge is 0.493 e. The van der Waals surface area contributed by atoms with Crippen LogP contribution in [0.1, 0.15) is 30.3 Å². The van der Waals surface area contributed by atoms with Gasteiger partial charge in [0.1, 0.15) is 10.8 Å². The molecular formula is C15H18N4O2S. The van der Waals surface area contributed by atoms with Gasteiger partial charge >= 0.3 is 6.03 Å². The monoisotopic (exact) mass is 318 g/mol. The van der Waals surface area contributed by atoms with Crippen molar-refractivity contribution in [1.82, 2.24) is 15.5 Å². The topological polar surface area (TPSA) is 76.1 Å². The summed E-state index contributed by atoms with van der Waals surface area (Å²) in [6.07, 6.45) is 0.813. The molecule has 1 aliphatic rings. The minimum Gasteiger partial charge on any atom is -0.493 e. The lowest BCUT2D eigenvalue weighted by Gasteiger charge is -2.19. The molecule has 2 heterocycles. The molecule has 1 aromatic heterocycles. The number of anilines is 1. The molecule has 0 radical (unpaired) electrons. The molecule has 2 atom stereocenters. The normalized spacial score (nSPS) is 17.5. The highest BCUT2D eigenvalue weighted by atomic mass is 32.1. The highest BCUT2D eigenvalue weighted by molar-refractivity contribution is 7.15. The Hall–Kier alpha value is -2.15. The molecule has 6 nitrogen and oxygen atoms in total. The fraction of sp³-hybridized carbons (Fsp3) is 0.400. The van der Waals surface area contributed by atoms with E-state index in [-0.39, 0.29) is 18.0 Å². The molecule has 1 aliphatic heterocycles. The zero-order valence-corrected chi connectivity index (χ0v) is 13.3. The average molecular weight is 318 g/mol. The number of aromatic nitrogens is 2. The summed E-state index contributed by atoms with van der Waals surface area (Å²) in [4.78, 5) is 12.1. The number of para-hydroxylation sites is 1. The number of ether oxygens (including phenoxy) is 1. The molecule has 0 unspecified atom stereocenters. The van der Waals surface area contributed by atoms with Gasteiger partial charge in [-0.1, -0.05) is 36.5 Å². The highest BCUT2D eigenvalue weighted by Gasteiger charge is 2.29. The van der Waals surface area contributed by atoms with Crippen LogP contribution in [0.15, 0.2) is 24.3 Å². The van der Waals surface area contributed by atoms with Crippen molar-refractivity contribution in [3.05, 3.63) is 34.8 Å². The van der Waals surface area contributed by atoms with Gasteiger partial charge in [-0.05, 0) is 19.4 Å². The summed E-state index contributed by atoms with van der Waals surface area (Å²) >= 11 is 1.39. The maximum atomic E-state index is 12.1. The van der Waals surface area contributed by atoms with Crippen molar-refractivity contribution in [2.45, 2.75) is 32.2 Å². The van der Waals surface area contributed by atoms with Crippen molar-refractivity contribution < 1.29 is 9.53 Å². The van der Waals surface area contributed by atoms with Gasteiger partial charge in [0.15, 0.2) is 0 Å². The second-order valence-corrected chi connectivity index (χ2v) is 6.26. The van der Waals surface area contributed by atoms with Crippen LogP contribution in [0.2, 0.25) is 0 Å². The summed E-state index contributed by atoms with van der Waals surface area (Å²) < 4.78 is 5.66. The van der Waals surface area contributed by atoms with Crippen molar-refractivity contribution in [3.63, 3.8) is 0 Å². The molecule has 2 amide bonds. The summed E-state index contributed by atoms with van der Waals surface area (Å²) in [5.41, 5.74) is 1.14. The number of nitrogens with zero attached hydrogens (tertiary/aromatic N) is 2. The SMILES string of the molecule is CCc1nnc(NC(=O)N[C@@H](C)[C@H]2COc3ccccc32)s1. The molecule has 1 aromatic carbocycles. The number of benzene rings is 1. The minimum atomic E-state index is -0.268. The molecule has 0 spiro atoms. The third kappa shape index (κ3) is 3.04. The molecule has 0 bridgehead atoms. The van der Waals surface area contributed by atoms with Crippen molar-refractivity contribution in [2.24, 2.45) is 0 Å². The van der Waals surface area contributed by atoms with Gasteiger partial charge in [-0.3, -0.25) is 5.32 Å². The Bertz CT molecular complexity index is 673. The van der Waals surface area contributed by atoms with E-state index in [2.05, 4.69) is 20.8 Å². The Morgan fingerprint density at radius 2 is 2.27 bits per heavy atom. The number of hydrogen-bond acceptors (Lipinski definition) is 5. The number of nitrogens with one attached hydrogen (secondary N) is 2. The number of amides is 2. The molecular weight excluding hydrogens is 300 g/mol. The number of rotatable bonds is 4. The maximum absolute atomic E-state index is 12.1. The van der Waals surface area contributed by atoms with E-state index in [1.54, 1.807) is 0 Å². The van der Waals surface area contributed by atoms with E-state index in [0.29, 0.717) is 11.7 Å². The molecule has 116 valence electrons. The number of fused-ring (bicyclic) bond motifs is 1. The van der Waals surface area contributed by atoms with Gasteiger partial charge in [0.2, 0.25) is 5.13 Å². The summed E-state index contributed by atoms with van der Waals surface area (Å²) in [5.74, 6) is 1.06. The molecule has 0 aliphatic carbocycles. The van der Waals surface area contributed by atoms with E-state index < -0.39 is 0 Å². The molecule has 0 saturated carbocycles. The number of carbonyl (C=O) groups excluding carboxylic acids is 1. The number of carbonyl (C=O) groups is 1. The summed E-state index contributed by atoms with van der Waals surface area (Å²) in [5, 5.41) is 15.0. The lowest BCUT2D eigenvalue weighted by molar-refractivity contribution is 0.244. The van der Waals surface area contributed by atoms with Crippen molar-refractivity contribution >= 4 is 22.5 Å². The van der Waals surface area contributed by atoms with E-state index in [1.165, 1.54) is 11.3 Å². The summed E-state index contributed by atoms with van der Waals surface area (Å²) in [7, 11) is 0. The third-order valence-corrected chi connectivity index (χ3v) is 4.67. The summed E-state index contributed by atoms with van der Waals surface area (Å²) in [6, 6.07) is 7.63. The first kappa shape index (κ1) is 14.8. The second-order valence-electron chi connectivity index (χ2n) is 5.20. The first-order valence-corrected chi connectivity index (χ1v) is 8.10. The van der Waals surface area contributed by atoms with Crippen molar-refractivity contribution in [3.8, 4) is 5.75 Å². The Kier molecular flexibility index (Phi) is 4.24. The standard InChI is InChI=1S/C15H18N4O2S/c1-3-13-18-19-15(22-13)17-14(20)16-9(2)11-8-21-12-7-5-4-6-10(11)12/h4-7,9,11H,3,8H2,1-2H3,(H2,16,17,19,20)/t9-,11+/m0/s1. The second kappa shape index (κ2) is 6.31. The predicted octanol–water partition coefficient (Wildman–Crippen LogP) is 2.79. The fourth-order valence-electron chi connectivity index (χ4n) is 2.49. The molecule has 7 heteroatoms. The lowest BCUT2D eigenvalue weighted by Crippen LogP contribution is -2.40. The Morgan fingerprint density at radius 3 is 3.05 bits per heavy atom. The Labute approximate surface area is 132 Å². The summed E-state index contributed by atoms with van der Waals surface area (Å²) in [6.45, 7) is 4.57. The smallest absolute Gasteiger partial charge is 0.321 e. The van der Waals surface area contributed by atoms with Crippen LogP contribution in [0.4, 0.5) is 9.93 Å². The molecule has 2 N–H and O–H groups in total. The van der Waals surface area contributed by atoms with Gasteiger partial charge in [0.25, 0.3) is 0 Å². The van der Waals surface area contributed by atoms with Crippen LogP contribution in [-0.4, -0.2) is 28.9 Å². The predicted molar refractivity (Wildman–Crippen MR) is 85.6 cm³/mol. The van der Waals surface area contributed by atoms with Crippen LogP contribution in [0.5, 0.6) is 5.75 Å². The maximum Gasteiger partial charge on any atom is 0.321 e. The van der Waals surface area contributed by atoms with Crippen LogP contribution in [0.3, 0.4) is 0 Å². The molecule has 0 fully saturated rings. The number of urea groups is 1. The highest BCUT2D eigenvalue weighted by Crippen LogP contribution is 2.35. The zero-order chi connectivity index (χ0) is 15.5. The van der Waals surface area contributed by atoms with Crippen LogP contribution < -0.4 is 15.4 Å². The average Bonchev–Trinajstić information content (AvgIpc) is 3.13. The van der Waals surface area contributed by atoms with Crippen LogP contribution in [0, 0.1) is 0 Å². The van der Waals surface area contributed by atoms with Gasteiger partial charge in [-0.2, -0.15) is 0 Å². The molecule has 22 heavy (non-hydrogen) atoms. The quantitative estimate of drug-likeness (QED) is 0.909. The molecule has 0 saturated heterocycles. The van der Waals surface area contributed by atoms with Crippen LogP contribution >= 0.6 is 11.3 Å². The first-order valence-electron chi connectivity index (χ1n) is 7.29. The van der Waals surface area contributed by atoms with E-state index >= 15 is 0 Å². The fourth-order valence-corrected chi connectivity index (χ4v) is 3.16. The lowest BCUT2D eigenvalue weighted by atomic mass is 9.94.